The number of carbonyl (C=O) groups excluding carboxylic acids is 2. The minimum atomic E-state index is -3.37. The second kappa shape index (κ2) is 10.5. The van der Waals surface area contributed by atoms with Gasteiger partial charge < -0.3 is 15.1 Å². The van der Waals surface area contributed by atoms with Gasteiger partial charge in [0, 0.05) is 63.8 Å². The molecule has 2 aliphatic heterocycles. The molecular formula is C22H34N4O4S. The van der Waals surface area contributed by atoms with Gasteiger partial charge in [0.2, 0.25) is 21.8 Å². The second-order valence-corrected chi connectivity index (χ2v) is 10.5. The summed E-state index contributed by atoms with van der Waals surface area (Å²) in [6.45, 7) is 5.98. The van der Waals surface area contributed by atoms with Crippen molar-refractivity contribution in [2.75, 3.05) is 57.0 Å². The van der Waals surface area contributed by atoms with Crippen molar-refractivity contribution in [1.82, 2.24) is 14.5 Å². The third-order valence-electron chi connectivity index (χ3n) is 6.14. The summed E-state index contributed by atoms with van der Waals surface area (Å²) in [5, 5.41) is 2.83. The first-order valence-electron chi connectivity index (χ1n) is 11.1. The molecule has 2 fully saturated rings. The van der Waals surface area contributed by atoms with Crippen LogP contribution in [-0.4, -0.2) is 81.5 Å². The average Bonchev–Trinajstić information content (AvgIpc) is 2.77. The summed E-state index contributed by atoms with van der Waals surface area (Å²) in [5.41, 5.74) is 2.41. The van der Waals surface area contributed by atoms with Crippen LogP contribution in [0.3, 0.4) is 0 Å². The van der Waals surface area contributed by atoms with Gasteiger partial charge in [0.05, 0.1) is 6.26 Å². The number of sulfonamides is 1. The van der Waals surface area contributed by atoms with Crippen molar-refractivity contribution in [3.63, 3.8) is 0 Å². The molecule has 8 nitrogen and oxygen atoms in total. The quantitative estimate of drug-likeness (QED) is 0.748. The molecule has 0 bridgehead atoms. The highest BCUT2D eigenvalue weighted by Gasteiger charge is 2.28. The number of benzene rings is 1. The molecule has 172 valence electrons. The van der Waals surface area contributed by atoms with Crippen LogP contribution in [0.25, 0.3) is 0 Å². The molecule has 0 saturated carbocycles. The number of hydrogen-bond donors (Lipinski definition) is 1. The van der Waals surface area contributed by atoms with Gasteiger partial charge in [0.1, 0.15) is 0 Å². The Morgan fingerprint density at radius 2 is 1.81 bits per heavy atom. The van der Waals surface area contributed by atoms with Crippen molar-refractivity contribution in [1.29, 1.82) is 0 Å². The van der Waals surface area contributed by atoms with Crippen LogP contribution in [0.4, 0.5) is 5.69 Å². The molecule has 1 aromatic carbocycles. The highest BCUT2D eigenvalue weighted by molar-refractivity contribution is 7.88. The van der Waals surface area contributed by atoms with Gasteiger partial charge in [-0.15, -0.1) is 0 Å². The number of carbonyl (C=O) groups is 2. The summed E-state index contributed by atoms with van der Waals surface area (Å²) >= 11 is 0. The second-order valence-electron chi connectivity index (χ2n) is 8.54. The Morgan fingerprint density at radius 1 is 1.06 bits per heavy atom. The molecule has 0 aliphatic carbocycles. The third-order valence-corrected chi connectivity index (χ3v) is 7.44. The van der Waals surface area contributed by atoms with E-state index in [0.717, 1.165) is 13.1 Å². The lowest BCUT2D eigenvalue weighted by molar-refractivity contribution is -0.136. The van der Waals surface area contributed by atoms with Crippen molar-refractivity contribution in [3.8, 4) is 0 Å². The topological polar surface area (TPSA) is 90.0 Å². The van der Waals surface area contributed by atoms with E-state index in [-0.39, 0.29) is 30.7 Å². The van der Waals surface area contributed by atoms with Gasteiger partial charge in [0.25, 0.3) is 0 Å². The molecule has 1 atom stereocenters. The molecule has 0 spiro atoms. The number of nitrogens with one attached hydrogen (secondary N) is 1. The van der Waals surface area contributed by atoms with Gasteiger partial charge in [-0.05, 0) is 43.9 Å². The fourth-order valence-electron chi connectivity index (χ4n) is 4.32. The van der Waals surface area contributed by atoms with Crippen LogP contribution in [0, 0.1) is 12.8 Å². The molecule has 0 radical (unpaired) electrons. The van der Waals surface area contributed by atoms with Crippen LogP contribution in [-0.2, 0) is 19.6 Å². The summed E-state index contributed by atoms with van der Waals surface area (Å²) in [7, 11) is -3.37. The van der Waals surface area contributed by atoms with Gasteiger partial charge in [0.15, 0.2) is 0 Å². The largest absolute Gasteiger partial charge is 0.368 e. The molecule has 2 amide bonds. The summed E-state index contributed by atoms with van der Waals surface area (Å²) in [6, 6.07) is 8.40. The van der Waals surface area contributed by atoms with Crippen LogP contribution < -0.4 is 10.2 Å². The maximum Gasteiger partial charge on any atom is 0.225 e. The van der Waals surface area contributed by atoms with Crippen molar-refractivity contribution >= 4 is 27.5 Å². The Labute approximate surface area is 185 Å². The molecule has 31 heavy (non-hydrogen) atoms. The number of piperazine rings is 1. The first-order valence-corrected chi connectivity index (χ1v) is 12.9. The van der Waals surface area contributed by atoms with E-state index in [1.807, 2.05) is 4.90 Å². The molecule has 0 aromatic heterocycles. The average molecular weight is 451 g/mol. The Hall–Kier alpha value is -2.13. The van der Waals surface area contributed by atoms with Crippen LogP contribution in [0.1, 0.15) is 31.2 Å². The highest BCUT2D eigenvalue weighted by atomic mass is 32.2. The number of nitrogens with zero attached hydrogens (tertiary/aromatic N) is 3. The predicted octanol–water partition coefficient (Wildman–Crippen LogP) is 1.21. The Morgan fingerprint density at radius 3 is 2.48 bits per heavy atom. The summed E-state index contributed by atoms with van der Waals surface area (Å²) in [6.07, 6.45) is 3.13. The predicted molar refractivity (Wildman–Crippen MR) is 121 cm³/mol. The van der Waals surface area contributed by atoms with Crippen LogP contribution in [0.5, 0.6) is 0 Å². The van der Waals surface area contributed by atoms with E-state index < -0.39 is 10.0 Å². The molecule has 1 unspecified atom stereocenters. The van der Waals surface area contributed by atoms with E-state index in [0.29, 0.717) is 45.4 Å². The van der Waals surface area contributed by atoms with Crippen molar-refractivity contribution in [2.45, 2.75) is 32.6 Å². The SMILES string of the molecule is Cc1cccc(N2CCN(C(=O)C3CCCN(S(C)(=O)=O)CCC(=O)NCC3)CC2)c1. The van der Waals surface area contributed by atoms with E-state index in [1.165, 1.54) is 21.8 Å². The highest BCUT2D eigenvalue weighted by Crippen LogP contribution is 2.21. The summed E-state index contributed by atoms with van der Waals surface area (Å²) in [4.78, 5) is 29.5. The molecule has 1 aromatic rings. The minimum absolute atomic E-state index is 0.114. The lowest BCUT2D eigenvalue weighted by atomic mass is 9.97. The molecule has 9 heteroatoms. The monoisotopic (exact) mass is 450 g/mol. The van der Waals surface area contributed by atoms with Crippen LogP contribution >= 0.6 is 0 Å². The standard InChI is InChI=1S/C22H34N4O4S/c1-18-5-3-7-20(17-18)24-13-15-25(16-14-24)22(28)19-6-4-11-26(31(2,29)30)12-9-21(27)23-10-8-19/h3,5,7,17,19H,4,6,8-16H2,1-2H3,(H,23,27). The molecule has 2 saturated heterocycles. The smallest absolute Gasteiger partial charge is 0.225 e. The van der Waals surface area contributed by atoms with Gasteiger partial charge in [-0.1, -0.05) is 12.1 Å². The normalized spacial score (nSPS) is 22.5. The lowest BCUT2D eigenvalue weighted by Gasteiger charge is -2.38. The zero-order valence-corrected chi connectivity index (χ0v) is 19.4. The van der Waals surface area contributed by atoms with E-state index >= 15 is 0 Å². The molecule has 1 N–H and O–H groups in total. The molecule has 2 heterocycles. The zero-order chi connectivity index (χ0) is 22.4. The van der Waals surface area contributed by atoms with Gasteiger partial charge in [-0.3, -0.25) is 9.59 Å². The van der Waals surface area contributed by atoms with Gasteiger partial charge in [-0.25, -0.2) is 12.7 Å². The Bertz CT molecular complexity index is 881. The van der Waals surface area contributed by atoms with Gasteiger partial charge in [-0.2, -0.15) is 0 Å². The Balaban J connectivity index is 1.59. The number of aryl methyl sites for hydroxylation is 1. The lowest BCUT2D eigenvalue weighted by Crippen LogP contribution is -2.50. The molecule has 2 aliphatic rings. The summed E-state index contributed by atoms with van der Waals surface area (Å²) < 4.78 is 25.3. The van der Waals surface area contributed by atoms with Crippen LogP contribution in [0.15, 0.2) is 24.3 Å². The molecule has 3 rings (SSSR count). The van der Waals surface area contributed by atoms with E-state index in [1.54, 1.807) is 0 Å². The van der Waals surface area contributed by atoms with E-state index in [9.17, 15) is 18.0 Å². The van der Waals surface area contributed by atoms with Crippen molar-refractivity contribution in [3.05, 3.63) is 29.8 Å². The fourth-order valence-corrected chi connectivity index (χ4v) is 5.20. The van der Waals surface area contributed by atoms with Crippen molar-refractivity contribution in [2.24, 2.45) is 5.92 Å². The van der Waals surface area contributed by atoms with Crippen LogP contribution in [0.2, 0.25) is 0 Å². The van der Waals surface area contributed by atoms with Gasteiger partial charge >= 0.3 is 0 Å². The third kappa shape index (κ3) is 6.67. The van der Waals surface area contributed by atoms with E-state index in [2.05, 4.69) is 41.4 Å². The minimum Gasteiger partial charge on any atom is -0.368 e. The van der Waals surface area contributed by atoms with E-state index in [4.69, 9.17) is 0 Å². The molecular weight excluding hydrogens is 416 g/mol. The maximum absolute atomic E-state index is 13.2. The first kappa shape index (κ1) is 23.5. The van der Waals surface area contributed by atoms with Crippen molar-refractivity contribution < 1.29 is 18.0 Å². The summed E-state index contributed by atoms with van der Waals surface area (Å²) in [5.74, 6) is -0.262. The number of anilines is 1. The maximum atomic E-state index is 13.2. The number of amides is 2. The zero-order valence-electron chi connectivity index (χ0n) is 18.5. The fraction of sp³-hybridized carbons (Fsp3) is 0.636. The Kier molecular flexibility index (Phi) is 7.94. The number of rotatable bonds is 3. The number of hydrogen-bond acceptors (Lipinski definition) is 5. The first-order chi connectivity index (χ1) is 14.7.